The van der Waals surface area contributed by atoms with Gasteiger partial charge in [-0.3, -0.25) is 9.59 Å². The number of hydrogen-bond donors (Lipinski definition) is 0. The molecule has 0 heterocycles. The van der Waals surface area contributed by atoms with Crippen molar-refractivity contribution < 1.29 is 38.2 Å². The number of nitrogens with zero attached hydrogens (tertiary/aromatic N) is 1. The minimum Gasteiger partial charge on any atom is -0.544 e. The number of unbranched alkanes of at least 4 members (excludes halogenated alkanes) is 24. The van der Waals surface area contributed by atoms with E-state index in [2.05, 4.69) is 38.2 Å². The second kappa shape index (κ2) is 39.6. The number of aliphatic carboxylic acids is 1. The van der Waals surface area contributed by atoms with Crippen LogP contribution in [0.2, 0.25) is 0 Å². The molecular weight excluding hydrogens is 703 g/mol. The Morgan fingerprint density at radius 3 is 1.38 bits per heavy atom. The van der Waals surface area contributed by atoms with E-state index in [0.717, 1.165) is 51.4 Å². The maximum atomic E-state index is 12.7. The highest BCUT2D eigenvalue weighted by Crippen LogP contribution is 2.15. The van der Waals surface area contributed by atoms with Gasteiger partial charge in [-0.2, -0.15) is 0 Å². The second-order valence-electron chi connectivity index (χ2n) is 17.0. The summed E-state index contributed by atoms with van der Waals surface area (Å²) in [6.07, 6.45) is 43.5. The van der Waals surface area contributed by atoms with Crippen molar-refractivity contribution in [3.8, 4) is 0 Å². The van der Waals surface area contributed by atoms with Gasteiger partial charge >= 0.3 is 11.9 Å². The van der Waals surface area contributed by atoms with Gasteiger partial charge in [0.25, 0.3) is 0 Å². The van der Waals surface area contributed by atoms with E-state index in [4.69, 9.17) is 14.2 Å². The fraction of sp³-hybridized carbons (Fsp3) is 0.854. The molecule has 8 nitrogen and oxygen atoms in total. The van der Waals surface area contributed by atoms with Crippen LogP contribution in [0, 0.1) is 0 Å². The number of esters is 2. The van der Waals surface area contributed by atoms with Crippen LogP contribution in [0.15, 0.2) is 24.3 Å². The Morgan fingerprint density at radius 2 is 0.946 bits per heavy atom. The van der Waals surface area contributed by atoms with Gasteiger partial charge in [0, 0.05) is 19.3 Å². The van der Waals surface area contributed by atoms with Gasteiger partial charge in [-0.05, 0) is 44.9 Å². The van der Waals surface area contributed by atoms with Gasteiger partial charge in [-0.25, -0.2) is 0 Å². The quantitative estimate of drug-likeness (QED) is 0.0262. The smallest absolute Gasteiger partial charge is 0.306 e. The van der Waals surface area contributed by atoms with Crippen LogP contribution in [-0.2, 0) is 28.6 Å². The van der Waals surface area contributed by atoms with Crippen LogP contribution in [0.25, 0.3) is 0 Å². The molecule has 0 rings (SSSR count). The molecule has 0 spiro atoms. The van der Waals surface area contributed by atoms with E-state index in [1.54, 1.807) is 21.1 Å². The van der Waals surface area contributed by atoms with Gasteiger partial charge in [-0.1, -0.05) is 173 Å². The third-order valence-electron chi connectivity index (χ3n) is 10.6. The van der Waals surface area contributed by atoms with Crippen molar-refractivity contribution in [1.82, 2.24) is 0 Å². The molecule has 2 unspecified atom stereocenters. The number of carbonyl (C=O) groups excluding carboxylic acids is 3. The van der Waals surface area contributed by atoms with Crippen LogP contribution < -0.4 is 5.11 Å². The molecule has 0 amide bonds. The summed E-state index contributed by atoms with van der Waals surface area (Å²) >= 11 is 0. The number of likely N-dealkylation sites (N-methyl/N-ethyl adjacent to an activating group) is 1. The summed E-state index contributed by atoms with van der Waals surface area (Å²) in [7, 11) is 5.41. The van der Waals surface area contributed by atoms with Crippen molar-refractivity contribution in [3.63, 3.8) is 0 Å². The van der Waals surface area contributed by atoms with Crippen LogP contribution in [0.5, 0.6) is 0 Å². The molecule has 2 atom stereocenters. The number of carboxylic acid groups (broad SMARTS) is 1. The number of hydrogen-bond acceptors (Lipinski definition) is 7. The monoisotopic (exact) mass is 792 g/mol. The third kappa shape index (κ3) is 37.4. The summed E-state index contributed by atoms with van der Waals surface area (Å²) < 4.78 is 17.2. The summed E-state index contributed by atoms with van der Waals surface area (Å²) in [5.74, 6) is -1.74. The van der Waals surface area contributed by atoms with Crippen molar-refractivity contribution in [2.75, 3.05) is 41.0 Å². The van der Waals surface area contributed by atoms with Crippen LogP contribution in [0.4, 0.5) is 0 Å². The number of rotatable bonds is 42. The van der Waals surface area contributed by atoms with E-state index in [0.29, 0.717) is 12.8 Å². The van der Waals surface area contributed by atoms with E-state index < -0.39 is 18.1 Å². The van der Waals surface area contributed by atoms with Crippen LogP contribution in [-0.4, -0.2) is 75.5 Å². The Morgan fingerprint density at radius 1 is 0.536 bits per heavy atom. The van der Waals surface area contributed by atoms with Gasteiger partial charge in [0.15, 0.2) is 6.10 Å². The summed E-state index contributed by atoms with van der Waals surface area (Å²) in [6, 6.07) is -0.724. The molecule has 56 heavy (non-hydrogen) atoms. The summed E-state index contributed by atoms with van der Waals surface area (Å²) in [6.45, 7) is 4.65. The van der Waals surface area contributed by atoms with Crippen molar-refractivity contribution >= 4 is 17.9 Å². The topological polar surface area (TPSA) is 102 Å². The zero-order valence-electron chi connectivity index (χ0n) is 37.3. The Balaban J connectivity index is 4.24. The van der Waals surface area contributed by atoms with Crippen molar-refractivity contribution in [3.05, 3.63) is 24.3 Å². The van der Waals surface area contributed by atoms with Gasteiger partial charge in [0.05, 0.1) is 40.3 Å². The van der Waals surface area contributed by atoms with E-state index in [-0.39, 0.29) is 42.7 Å². The first kappa shape index (κ1) is 53.8. The Kier molecular flexibility index (Phi) is 38.1. The summed E-state index contributed by atoms with van der Waals surface area (Å²) in [4.78, 5) is 36.8. The highest BCUT2D eigenvalue weighted by Gasteiger charge is 2.25. The third-order valence-corrected chi connectivity index (χ3v) is 10.6. The molecule has 0 radical (unpaired) electrons. The molecule has 0 aromatic carbocycles. The molecule has 0 aliphatic rings. The molecule has 0 aliphatic heterocycles. The lowest BCUT2D eigenvalue weighted by molar-refractivity contribution is -0.889. The van der Waals surface area contributed by atoms with E-state index in [1.165, 1.54) is 128 Å². The molecule has 328 valence electrons. The first-order valence-electron chi connectivity index (χ1n) is 23.4. The Bertz CT molecular complexity index is 973. The molecule has 0 bridgehead atoms. The number of carboxylic acids is 1. The molecule has 0 aromatic heterocycles. The highest BCUT2D eigenvalue weighted by atomic mass is 16.6. The molecule has 0 aliphatic carbocycles. The van der Waals surface area contributed by atoms with Gasteiger partial charge in [0.2, 0.25) is 0 Å². The van der Waals surface area contributed by atoms with Crippen molar-refractivity contribution in [1.29, 1.82) is 0 Å². The average Bonchev–Trinajstić information content (AvgIpc) is 3.15. The molecule has 0 saturated carbocycles. The van der Waals surface area contributed by atoms with Crippen molar-refractivity contribution in [2.24, 2.45) is 0 Å². The van der Waals surface area contributed by atoms with E-state index >= 15 is 0 Å². The summed E-state index contributed by atoms with van der Waals surface area (Å²) in [5, 5.41) is 11.6. The maximum absolute atomic E-state index is 12.7. The normalized spacial score (nSPS) is 13.1. The standard InChI is InChI=1S/C48H89NO7/c1-6-8-10-12-14-16-18-19-20-21-22-23-24-25-26-27-28-29-31-33-35-37-39-47(51)56-44(42-54-41-40-45(48(52)53)49(3,4)5)43-55-46(50)38-36-34-32-30-17-15-13-11-9-7-2/h21-22,24-25,44-45H,6-20,23,26-43H2,1-5H3/b22-21+,25-24+. The average molecular weight is 792 g/mol. The number of quaternary nitrogens is 1. The maximum Gasteiger partial charge on any atom is 0.306 e. The fourth-order valence-corrected chi connectivity index (χ4v) is 6.93. The lowest BCUT2D eigenvalue weighted by Gasteiger charge is -2.34. The van der Waals surface area contributed by atoms with Gasteiger partial charge in [0.1, 0.15) is 12.6 Å². The Hall–Kier alpha value is -2.19. The lowest BCUT2D eigenvalue weighted by atomic mass is 10.1. The summed E-state index contributed by atoms with van der Waals surface area (Å²) in [5.41, 5.74) is 0. The van der Waals surface area contributed by atoms with Gasteiger partial charge in [-0.15, -0.1) is 0 Å². The zero-order chi connectivity index (χ0) is 41.4. The van der Waals surface area contributed by atoms with Crippen LogP contribution in [0.3, 0.4) is 0 Å². The minimum atomic E-state index is -1.12. The number of ether oxygens (including phenoxy) is 3. The fourth-order valence-electron chi connectivity index (χ4n) is 6.93. The Labute approximate surface area is 345 Å². The lowest BCUT2D eigenvalue weighted by Crippen LogP contribution is -2.55. The predicted octanol–water partition coefficient (Wildman–Crippen LogP) is 11.5. The van der Waals surface area contributed by atoms with Gasteiger partial charge < -0.3 is 28.6 Å². The second-order valence-corrected chi connectivity index (χ2v) is 17.0. The van der Waals surface area contributed by atoms with Crippen LogP contribution >= 0.6 is 0 Å². The zero-order valence-corrected chi connectivity index (χ0v) is 37.3. The SMILES string of the molecule is CCCCCCCCCC/C=C/C/C=C/CCCCCCCCCC(=O)OC(COCCC(C(=O)[O-])[N+](C)(C)C)COC(=O)CCCCCCCCCCCC. The van der Waals surface area contributed by atoms with Crippen molar-refractivity contribution in [2.45, 2.75) is 225 Å². The molecule has 0 aromatic rings. The molecule has 0 saturated heterocycles. The first-order valence-corrected chi connectivity index (χ1v) is 23.4. The predicted molar refractivity (Wildman–Crippen MR) is 231 cm³/mol. The van der Waals surface area contributed by atoms with E-state index in [9.17, 15) is 19.5 Å². The molecule has 0 N–H and O–H groups in total. The highest BCUT2D eigenvalue weighted by molar-refractivity contribution is 5.70. The first-order chi connectivity index (χ1) is 27.1. The largest absolute Gasteiger partial charge is 0.544 e. The minimum absolute atomic E-state index is 0.0411. The molecule has 8 heteroatoms. The molecular formula is C48H89NO7. The number of allylic oxidation sites excluding steroid dienone is 4. The molecule has 0 fully saturated rings. The number of carbonyl (C=O) groups is 3. The van der Waals surface area contributed by atoms with Crippen LogP contribution in [0.1, 0.15) is 213 Å². The van der Waals surface area contributed by atoms with E-state index in [1.807, 2.05) is 0 Å².